The minimum absolute atomic E-state index is 0.0300. The number of nitrogens with one attached hydrogen (secondary N) is 1. The van der Waals surface area contributed by atoms with Gasteiger partial charge in [0.1, 0.15) is 0 Å². The van der Waals surface area contributed by atoms with Crippen LogP contribution < -0.4 is 5.43 Å². The van der Waals surface area contributed by atoms with Gasteiger partial charge in [-0.1, -0.05) is 51.5 Å². The van der Waals surface area contributed by atoms with Crippen molar-refractivity contribution in [2.75, 3.05) is 19.6 Å². The molecule has 2 rings (SSSR count). The van der Waals surface area contributed by atoms with Crippen LogP contribution in [0.5, 0.6) is 0 Å². The first-order chi connectivity index (χ1) is 10.9. The van der Waals surface area contributed by atoms with Gasteiger partial charge in [-0.25, -0.2) is 5.43 Å². The number of hydrazone groups is 1. The molecular formula is C19H29N3O. The van der Waals surface area contributed by atoms with Crippen LogP contribution in [0.15, 0.2) is 29.4 Å². The smallest absolute Gasteiger partial charge is 0.254 e. The van der Waals surface area contributed by atoms with E-state index in [0.29, 0.717) is 6.54 Å². The average Bonchev–Trinajstić information content (AvgIpc) is 2.53. The van der Waals surface area contributed by atoms with E-state index in [0.717, 1.165) is 24.4 Å². The van der Waals surface area contributed by atoms with Crippen LogP contribution in [-0.2, 0) is 10.2 Å². The topological polar surface area (TPSA) is 44.7 Å². The number of amides is 1. The highest BCUT2D eigenvalue weighted by Crippen LogP contribution is 2.22. The monoisotopic (exact) mass is 315 g/mol. The summed E-state index contributed by atoms with van der Waals surface area (Å²) in [6, 6.07) is 8.39. The highest BCUT2D eigenvalue weighted by molar-refractivity contribution is 5.99. The van der Waals surface area contributed by atoms with Gasteiger partial charge in [0.15, 0.2) is 0 Å². The molecule has 1 heterocycles. The van der Waals surface area contributed by atoms with Crippen molar-refractivity contribution in [3.8, 4) is 0 Å². The summed E-state index contributed by atoms with van der Waals surface area (Å²) in [5.41, 5.74) is 5.99. The molecule has 1 aromatic rings. The summed E-state index contributed by atoms with van der Waals surface area (Å²) in [6.45, 7) is 11.0. The number of likely N-dealkylation sites (tertiary alicyclic amines) is 1. The molecule has 126 valence electrons. The zero-order valence-electron chi connectivity index (χ0n) is 14.9. The van der Waals surface area contributed by atoms with Crippen LogP contribution in [0.4, 0.5) is 0 Å². The Balaban J connectivity index is 1.90. The summed E-state index contributed by atoms with van der Waals surface area (Å²) in [7, 11) is 0. The molecule has 1 N–H and O–H groups in total. The summed E-state index contributed by atoms with van der Waals surface area (Å²) in [4.78, 5) is 14.2. The molecule has 0 atom stereocenters. The number of hydrogen-bond donors (Lipinski definition) is 1. The first-order valence-electron chi connectivity index (χ1n) is 8.52. The summed E-state index contributed by atoms with van der Waals surface area (Å²) in [5.74, 6) is -0.0300. The van der Waals surface area contributed by atoms with Gasteiger partial charge in [0.05, 0.1) is 12.3 Å². The van der Waals surface area contributed by atoms with Gasteiger partial charge in [0.2, 0.25) is 0 Å². The van der Waals surface area contributed by atoms with E-state index in [4.69, 9.17) is 0 Å². The Morgan fingerprint density at radius 3 is 2.30 bits per heavy atom. The van der Waals surface area contributed by atoms with Crippen molar-refractivity contribution in [1.29, 1.82) is 0 Å². The van der Waals surface area contributed by atoms with E-state index in [9.17, 15) is 4.79 Å². The van der Waals surface area contributed by atoms with Gasteiger partial charge in [0.25, 0.3) is 5.91 Å². The lowest BCUT2D eigenvalue weighted by atomic mass is 9.86. The van der Waals surface area contributed by atoms with Gasteiger partial charge in [-0.15, -0.1) is 0 Å². The molecule has 0 radical (unpaired) electrons. The lowest BCUT2D eigenvalue weighted by Gasteiger charge is -2.25. The standard InChI is InChI=1S/C19H29N3O/c1-15(16-8-10-17(11-9-16)19(2,3)4)20-21-18(23)14-22-12-6-5-7-13-22/h8-11H,5-7,12-14H2,1-4H3,(H,21,23)/b20-15-. The third-order valence-electron chi connectivity index (χ3n) is 4.33. The minimum atomic E-state index is -0.0300. The van der Waals surface area contributed by atoms with Crippen molar-refractivity contribution in [2.45, 2.75) is 52.4 Å². The molecule has 1 amide bonds. The van der Waals surface area contributed by atoms with E-state index in [1.165, 1.54) is 24.8 Å². The lowest BCUT2D eigenvalue weighted by Crippen LogP contribution is -2.38. The number of benzene rings is 1. The Hall–Kier alpha value is -1.68. The van der Waals surface area contributed by atoms with Gasteiger partial charge >= 0.3 is 0 Å². The van der Waals surface area contributed by atoms with E-state index in [1.807, 2.05) is 6.92 Å². The zero-order valence-corrected chi connectivity index (χ0v) is 14.9. The second-order valence-corrected chi connectivity index (χ2v) is 7.40. The van der Waals surface area contributed by atoms with Crippen molar-refractivity contribution >= 4 is 11.6 Å². The molecule has 0 unspecified atom stereocenters. The second kappa shape index (κ2) is 7.73. The van der Waals surface area contributed by atoms with Gasteiger partial charge in [-0.05, 0) is 49.4 Å². The molecule has 0 saturated carbocycles. The largest absolute Gasteiger partial charge is 0.294 e. The third kappa shape index (κ3) is 5.47. The van der Waals surface area contributed by atoms with E-state index < -0.39 is 0 Å². The Morgan fingerprint density at radius 2 is 1.74 bits per heavy atom. The van der Waals surface area contributed by atoms with Crippen LogP contribution in [0.25, 0.3) is 0 Å². The van der Waals surface area contributed by atoms with E-state index in [2.05, 4.69) is 60.5 Å². The normalized spacial score (nSPS) is 17.1. The van der Waals surface area contributed by atoms with Gasteiger partial charge in [0, 0.05) is 0 Å². The molecule has 0 aromatic heterocycles. The molecule has 1 aliphatic rings. The Bertz CT molecular complexity index is 549. The van der Waals surface area contributed by atoms with E-state index in [-0.39, 0.29) is 11.3 Å². The summed E-state index contributed by atoms with van der Waals surface area (Å²) >= 11 is 0. The molecule has 23 heavy (non-hydrogen) atoms. The fraction of sp³-hybridized carbons (Fsp3) is 0.579. The molecule has 4 heteroatoms. The Kier molecular flexibility index (Phi) is 5.94. The fourth-order valence-electron chi connectivity index (χ4n) is 2.78. The van der Waals surface area contributed by atoms with Crippen molar-refractivity contribution in [1.82, 2.24) is 10.3 Å². The van der Waals surface area contributed by atoms with Crippen molar-refractivity contribution in [3.63, 3.8) is 0 Å². The molecule has 1 fully saturated rings. The van der Waals surface area contributed by atoms with Crippen LogP contribution in [0.2, 0.25) is 0 Å². The quantitative estimate of drug-likeness (QED) is 0.684. The maximum Gasteiger partial charge on any atom is 0.254 e. The predicted molar refractivity (Wildman–Crippen MR) is 95.8 cm³/mol. The number of piperidine rings is 1. The number of carbonyl (C=O) groups excluding carboxylic acids is 1. The summed E-state index contributed by atoms with van der Waals surface area (Å²) in [6.07, 6.45) is 3.66. The minimum Gasteiger partial charge on any atom is -0.294 e. The van der Waals surface area contributed by atoms with Crippen LogP contribution >= 0.6 is 0 Å². The summed E-state index contributed by atoms with van der Waals surface area (Å²) in [5, 5.41) is 4.24. The maximum absolute atomic E-state index is 12.0. The summed E-state index contributed by atoms with van der Waals surface area (Å²) < 4.78 is 0. The molecule has 1 aromatic carbocycles. The number of rotatable bonds is 4. The van der Waals surface area contributed by atoms with Crippen LogP contribution in [0.1, 0.15) is 58.1 Å². The van der Waals surface area contributed by atoms with Gasteiger partial charge in [-0.3, -0.25) is 9.69 Å². The Labute approximate surface area is 140 Å². The average molecular weight is 315 g/mol. The molecule has 1 aliphatic heterocycles. The molecule has 1 saturated heterocycles. The van der Waals surface area contributed by atoms with Crippen molar-refractivity contribution < 1.29 is 4.79 Å². The van der Waals surface area contributed by atoms with E-state index >= 15 is 0 Å². The van der Waals surface area contributed by atoms with Crippen LogP contribution in [-0.4, -0.2) is 36.2 Å². The fourth-order valence-corrected chi connectivity index (χ4v) is 2.78. The van der Waals surface area contributed by atoms with Gasteiger partial charge in [-0.2, -0.15) is 5.10 Å². The van der Waals surface area contributed by atoms with Crippen LogP contribution in [0.3, 0.4) is 0 Å². The lowest BCUT2D eigenvalue weighted by molar-refractivity contribution is -0.122. The zero-order chi connectivity index (χ0) is 16.9. The predicted octanol–water partition coefficient (Wildman–Crippen LogP) is 3.31. The number of carbonyl (C=O) groups is 1. The SMILES string of the molecule is C/C(=N/NC(=O)CN1CCCCC1)c1ccc(C(C)(C)C)cc1. The van der Waals surface area contributed by atoms with Crippen molar-refractivity contribution in [3.05, 3.63) is 35.4 Å². The number of hydrogen-bond acceptors (Lipinski definition) is 3. The Morgan fingerprint density at radius 1 is 1.13 bits per heavy atom. The molecule has 0 spiro atoms. The molecule has 0 aliphatic carbocycles. The van der Waals surface area contributed by atoms with Gasteiger partial charge < -0.3 is 0 Å². The van der Waals surface area contributed by atoms with Crippen molar-refractivity contribution in [2.24, 2.45) is 5.10 Å². The highest BCUT2D eigenvalue weighted by atomic mass is 16.2. The van der Waals surface area contributed by atoms with Crippen LogP contribution in [0, 0.1) is 0 Å². The first kappa shape index (κ1) is 17.7. The second-order valence-electron chi connectivity index (χ2n) is 7.40. The first-order valence-corrected chi connectivity index (χ1v) is 8.52. The molecule has 4 nitrogen and oxygen atoms in total. The maximum atomic E-state index is 12.0. The molecule has 0 bridgehead atoms. The molecular weight excluding hydrogens is 286 g/mol. The third-order valence-corrected chi connectivity index (χ3v) is 4.33. The highest BCUT2D eigenvalue weighted by Gasteiger charge is 2.14. The van der Waals surface area contributed by atoms with E-state index in [1.54, 1.807) is 0 Å². The number of nitrogens with zero attached hydrogens (tertiary/aromatic N) is 2.